The lowest BCUT2D eigenvalue weighted by Crippen LogP contribution is -2.47. The molecule has 1 aliphatic heterocycles. The van der Waals surface area contributed by atoms with E-state index >= 15 is 0 Å². The molecular formula is C45H43Cl3N4O4. The van der Waals surface area contributed by atoms with Crippen LogP contribution in [0.25, 0.3) is 17.0 Å². The Kier molecular flexibility index (Phi) is 13.5. The molecule has 6 aromatic rings. The summed E-state index contributed by atoms with van der Waals surface area (Å²) in [6.07, 6.45) is 5.00. The highest BCUT2D eigenvalue weighted by Crippen LogP contribution is 2.34. The molecular weight excluding hydrogens is 767 g/mol. The minimum atomic E-state index is -0.0273. The van der Waals surface area contributed by atoms with Gasteiger partial charge in [0.05, 0.1) is 16.7 Å². The zero-order valence-electron chi connectivity index (χ0n) is 31.5. The van der Waals surface area contributed by atoms with E-state index < -0.39 is 0 Å². The maximum Gasteiger partial charge on any atom is 0.246 e. The molecule has 7 rings (SSSR count). The summed E-state index contributed by atoms with van der Waals surface area (Å²) in [5.74, 6) is 3.27. The van der Waals surface area contributed by atoms with E-state index in [1.807, 2.05) is 66.4 Å². The van der Waals surface area contributed by atoms with Crippen molar-refractivity contribution in [3.8, 4) is 29.0 Å². The van der Waals surface area contributed by atoms with Crippen molar-refractivity contribution in [1.29, 1.82) is 0 Å². The Morgan fingerprint density at radius 2 is 1.57 bits per heavy atom. The Hall–Kier alpha value is -5.12. The molecule has 0 radical (unpaired) electrons. The van der Waals surface area contributed by atoms with Crippen LogP contribution in [0.5, 0.6) is 29.0 Å². The van der Waals surface area contributed by atoms with E-state index in [2.05, 4.69) is 54.1 Å². The van der Waals surface area contributed by atoms with Crippen LogP contribution >= 0.6 is 35.6 Å². The number of rotatable bonds is 12. The molecule has 288 valence electrons. The number of hydrogen-bond donors (Lipinski definition) is 0. The van der Waals surface area contributed by atoms with Gasteiger partial charge in [-0.05, 0) is 95.8 Å². The first kappa shape index (κ1) is 40.5. The van der Waals surface area contributed by atoms with Crippen LogP contribution in [0, 0.1) is 6.92 Å². The van der Waals surface area contributed by atoms with Crippen LogP contribution in [0.4, 0.5) is 0 Å². The molecule has 8 nitrogen and oxygen atoms in total. The molecule has 0 bridgehead atoms. The fourth-order valence-corrected chi connectivity index (χ4v) is 6.89. The van der Waals surface area contributed by atoms with Gasteiger partial charge in [-0.25, -0.2) is 9.97 Å². The Morgan fingerprint density at radius 1 is 0.821 bits per heavy atom. The average molecular weight is 810 g/mol. The summed E-state index contributed by atoms with van der Waals surface area (Å²) in [6.45, 7) is 10.3. The van der Waals surface area contributed by atoms with E-state index in [1.54, 1.807) is 36.5 Å². The SMILES string of the molecule is Cc1cc(C=CC(=O)N2CCN(Cc3ccc4nc(Oc5ccc(C(C)C)cc5)ccc4c3)CC2)cc(Cl)c1Oc1ccc(OCc2ccccc2Cl)cn1.Cl. The molecule has 0 atom stereocenters. The van der Waals surface area contributed by atoms with Gasteiger partial charge in [0.1, 0.15) is 18.1 Å². The highest BCUT2D eigenvalue weighted by molar-refractivity contribution is 6.32. The molecule has 1 aliphatic rings. The summed E-state index contributed by atoms with van der Waals surface area (Å²) in [6, 6.07) is 33.2. The normalized spacial score (nSPS) is 13.2. The van der Waals surface area contributed by atoms with Crippen LogP contribution in [0.15, 0.2) is 115 Å². The molecule has 56 heavy (non-hydrogen) atoms. The number of pyridine rings is 2. The second kappa shape index (κ2) is 18.7. The van der Waals surface area contributed by atoms with Gasteiger partial charge in [-0.2, -0.15) is 0 Å². The second-order valence-electron chi connectivity index (χ2n) is 13.9. The zero-order valence-corrected chi connectivity index (χ0v) is 33.8. The van der Waals surface area contributed by atoms with Crippen molar-refractivity contribution in [2.75, 3.05) is 26.2 Å². The van der Waals surface area contributed by atoms with Gasteiger partial charge in [-0.3, -0.25) is 9.69 Å². The average Bonchev–Trinajstić information content (AvgIpc) is 3.19. The van der Waals surface area contributed by atoms with Crippen molar-refractivity contribution in [1.82, 2.24) is 19.8 Å². The van der Waals surface area contributed by atoms with Crippen LogP contribution in [0.2, 0.25) is 10.0 Å². The number of carbonyl (C=O) groups excluding carboxylic acids is 1. The van der Waals surface area contributed by atoms with Gasteiger partial charge in [0, 0.05) is 66.9 Å². The van der Waals surface area contributed by atoms with Gasteiger partial charge in [0.2, 0.25) is 17.7 Å². The van der Waals surface area contributed by atoms with Crippen LogP contribution < -0.4 is 14.2 Å². The van der Waals surface area contributed by atoms with Crippen molar-refractivity contribution in [3.63, 3.8) is 0 Å². The molecule has 3 heterocycles. The third-order valence-electron chi connectivity index (χ3n) is 9.53. The van der Waals surface area contributed by atoms with E-state index in [0.29, 0.717) is 58.9 Å². The Morgan fingerprint density at radius 3 is 2.29 bits per heavy atom. The standard InChI is InChI=1S/C45H42Cl2N4O4.ClH/c1-30(2)34-10-13-37(14-11-34)54-43-17-12-35-25-33(8-16-41(35)49-43)28-50-20-22-51(23-21-50)44(52)19-9-32-24-31(3)45(40(47)26-32)55-42-18-15-38(27-48-42)53-29-36-6-4-5-7-39(36)46;/h4-19,24-27,30H,20-23,28-29H2,1-3H3;1H. The van der Waals surface area contributed by atoms with Crippen molar-refractivity contribution in [3.05, 3.63) is 153 Å². The number of hydrogen-bond acceptors (Lipinski definition) is 7. The maximum absolute atomic E-state index is 13.1. The number of amides is 1. The smallest absolute Gasteiger partial charge is 0.246 e. The molecule has 0 unspecified atom stereocenters. The molecule has 0 N–H and O–H groups in total. The summed E-state index contributed by atoms with van der Waals surface area (Å²) in [4.78, 5) is 26.5. The predicted octanol–water partition coefficient (Wildman–Crippen LogP) is 11.3. The first-order valence-corrected chi connectivity index (χ1v) is 19.1. The zero-order chi connectivity index (χ0) is 38.3. The van der Waals surface area contributed by atoms with E-state index in [0.717, 1.165) is 53.0 Å². The molecule has 1 saturated heterocycles. The molecule has 0 aliphatic carbocycles. The quantitative estimate of drug-likeness (QED) is 0.114. The number of aromatic nitrogens is 2. The molecule has 1 fully saturated rings. The minimum Gasteiger partial charge on any atom is -0.487 e. The fraction of sp³-hybridized carbons (Fsp3) is 0.222. The largest absolute Gasteiger partial charge is 0.487 e. The summed E-state index contributed by atoms with van der Waals surface area (Å²) in [7, 11) is 0. The first-order chi connectivity index (χ1) is 26.7. The lowest BCUT2D eigenvalue weighted by Gasteiger charge is -2.34. The number of ether oxygens (including phenoxy) is 3. The van der Waals surface area contributed by atoms with Gasteiger partial charge in [0.25, 0.3) is 0 Å². The predicted molar refractivity (Wildman–Crippen MR) is 227 cm³/mol. The third-order valence-corrected chi connectivity index (χ3v) is 10.2. The highest BCUT2D eigenvalue weighted by atomic mass is 35.5. The summed E-state index contributed by atoms with van der Waals surface area (Å²) >= 11 is 12.9. The van der Waals surface area contributed by atoms with Crippen molar-refractivity contribution < 1.29 is 19.0 Å². The summed E-state index contributed by atoms with van der Waals surface area (Å²) in [5.41, 5.74) is 5.89. The number of halogens is 3. The highest BCUT2D eigenvalue weighted by Gasteiger charge is 2.20. The molecule has 0 spiro atoms. The monoisotopic (exact) mass is 808 g/mol. The molecule has 4 aromatic carbocycles. The minimum absolute atomic E-state index is 0. The van der Waals surface area contributed by atoms with E-state index in [4.69, 9.17) is 42.4 Å². The van der Waals surface area contributed by atoms with Crippen LogP contribution in [-0.4, -0.2) is 51.9 Å². The van der Waals surface area contributed by atoms with Crippen LogP contribution in [0.1, 0.15) is 47.6 Å². The molecule has 0 saturated carbocycles. The van der Waals surface area contributed by atoms with Gasteiger partial charge in [-0.15, -0.1) is 12.4 Å². The number of piperazine rings is 1. The van der Waals surface area contributed by atoms with Crippen molar-refractivity contribution in [2.24, 2.45) is 0 Å². The van der Waals surface area contributed by atoms with Crippen molar-refractivity contribution >= 4 is 58.5 Å². The van der Waals surface area contributed by atoms with E-state index in [1.165, 1.54) is 11.1 Å². The number of carbonyl (C=O) groups is 1. The summed E-state index contributed by atoms with van der Waals surface area (Å²) in [5, 5.41) is 2.14. The van der Waals surface area contributed by atoms with E-state index in [-0.39, 0.29) is 18.3 Å². The number of aryl methyl sites for hydroxylation is 1. The van der Waals surface area contributed by atoms with Crippen LogP contribution in [0.3, 0.4) is 0 Å². The van der Waals surface area contributed by atoms with Gasteiger partial charge >= 0.3 is 0 Å². The second-order valence-corrected chi connectivity index (χ2v) is 14.7. The Balaban J connectivity index is 0.00000532. The fourth-order valence-electron chi connectivity index (χ4n) is 6.39. The summed E-state index contributed by atoms with van der Waals surface area (Å²) < 4.78 is 17.9. The lowest BCUT2D eigenvalue weighted by atomic mass is 10.0. The Labute approximate surface area is 344 Å². The number of fused-ring (bicyclic) bond motifs is 1. The molecule has 11 heteroatoms. The van der Waals surface area contributed by atoms with Gasteiger partial charge in [0.15, 0.2) is 5.75 Å². The van der Waals surface area contributed by atoms with Crippen molar-refractivity contribution in [2.45, 2.75) is 39.8 Å². The maximum atomic E-state index is 13.1. The first-order valence-electron chi connectivity index (χ1n) is 18.3. The topological polar surface area (TPSA) is 77.0 Å². The molecule has 2 aromatic heterocycles. The number of benzene rings is 4. The lowest BCUT2D eigenvalue weighted by molar-refractivity contribution is -0.127. The van der Waals surface area contributed by atoms with Crippen LogP contribution in [-0.2, 0) is 17.9 Å². The third kappa shape index (κ3) is 10.4. The van der Waals surface area contributed by atoms with E-state index in [9.17, 15) is 4.79 Å². The van der Waals surface area contributed by atoms with Gasteiger partial charge < -0.3 is 19.1 Å². The molecule has 1 amide bonds. The Bertz CT molecular complexity index is 2290. The number of nitrogens with zero attached hydrogens (tertiary/aromatic N) is 4. The van der Waals surface area contributed by atoms with Gasteiger partial charge in [-0.1, -0.05) is 73.4 Å².